The van der Waals surface area contributed by atoms with Gasteiger partial charge in [-0.05, 0) is 13.3 Å². The third-order valence-corrected chi connectivity index (χ3v) is 0. The Hall–Kier alpha value is 1.35. The molecule has 0 aliphatic heterocycles. The Morgan fingerprint density at radius 3 is 1.17 bits per heavy atom. The molecule has 0 aromatic heterocycles. The van der Waals surface area contributed by atoms with Crippen LogP contribution in [-0.4, -0.2) is 18.2 Å². The Kier molecular flexibility index (Phi) is 25.1. The van der Waals surface area contributed by atoms with Crippen molar-refractivity contribution in [2.24, 2.45) is 0 Å². The molecule has 0 unspecified atom stereocenters. The Morgan fingerprint density at radius 1 is 1.17 bits per heavy atom. The van der Waals surface area contributed by atoms with E-state index in [4.69, 9.17) is 4.89 Å². The normalized spacial score (nSPS) is 6.00. The minimum atomic E-state index is -0.620. The lowest BCUT2D eigenvalue weighted by atomic mass is 11.9. The largest absolute Gasteiger partial charge is 0.374 e. The van der Waals surface area contributed by atoms with Crippen molar-refractivity contribution in [1.82, 2.24) is 0 Å². The quantitative estimate of drug-likeness (QED) is 0.640. The zero-order valence-electron chi connectivity index (χ0n) is 3.71. The molecule has 0 aromatic carbocycles. The minimum Gasteiger partial charge on any atom is -0.374 e. The molecule has 0 aliphatic carbocycles. The summed E-state index contributed by atoms with van der Waals surface area (Å²) in [6.07, 6.45) is 0. The first-order chi connectivity index (χ1) is 1.73. The van der Waals surface area contributed by atoms with Gasteiger partial charge in [-0.1, -0.05) is 0 Å². The molecular formula is C2H9Br2OP. The van der Waals surface area contributed by atoms with E-state index in [9.17, 15) is 0 Å². The van der Waals surface area contributed by atoms with Crippen LogP contribution in [-0.2, 0) is 0 Å². The van der Waals surface area contributed by atoms with Crippen molar-refractivity contribution in [2.45, 2.75) is 0 Å². The van der Waals surface area contributed by atoms with Crippen molar-refractivity contribution in [1.29, 1.82) is 0 Å². The lowest BCUT2D eigenvalue weighted by Crippen LogP contribution is -1.50. The van der Waals surface area contributed by atoms with Crippen LogP contribution in [0.2, 0.25) is 0 Å². The minimum absolute atomic E-state index is 0. The molecule has 0 bridgehead atoms. The van der Waals surface area contributed by atoms with Crippen molar-refractivity contribution in [3.63, 3.8) is 0 Å². The third-order valence-electron chi connectivity index (χ3n) is 0. The summed E-state index contributed by atoms with van der Waals surface area (Å²) in [5.74, 6) is 0. The van der Waals surface area contributed by atoms with Crippen LogP contribution < -0.4 is 0 Å². The van der Waals surface area contributed by atoms with Crippen molar-refractivity contribution < 1.29 is 4.89 Å². The van der Waals surface area contributed by atoms with E-state index in [1.54, 1.807) is 13.3 Å². The molecule has 4 heteroatoms. The molecule has 0 atom stereocenters. The van der Waals surface area contributed by atoms with E-state index in [2.05, 4.69) is 0 Å². The first-order valence-electron chi connectivity index (χ1n) is 1.09. The summed E-state index contributed by atoms with van der Waals surface area (Å²) in [5.41, 5.74) is 0. The molecule has 1 nitrogen and oxygen atoms in total. The van der Waals surface area contributed by atoms with Crippen molar-refractivity contribution in [2.75, 3.05) is 13.3 Å². The number of rotatable bonds is 0. The van der Waals surface area contributed by atoms with Gasteiger partial charge in [0.2, 0.25) is 0 Å². The maximum Gasteiger partial charge on any atom is 0.0187 e. The summed E-state index contributed by atoms with van der Waals surface area (Å²) < 4.78 is 0. The summed E-state index contributed by atoms with van der Waals surface area (Å²) in [5, 5.41) is 0. The van der Waals surface area contributed by atoms with Gasteiger partial charge in [0.15, 0.2) is 0 Å². The van der Waals surface area contributed by atoms with Gasteiger partial charge in [0.1, 0.15) is 0 Å². The summed E-state index contributed by atoms with van der Waals surface area (Å²) in [6.45, 7) is 3.57. The molecule has 0 aliphatic rings. The lowest BCUT2D eigenvalue weighted by molar-refractivity contribution is 0.637. The highest BCUT2D eigenvalue weighted by molar-refractivity contribution is 8.93. The Bertz CT molecular complexity index is 16.3. The standard InChI is InChI=1S/C2H7OP.2BrH/c1-4(2)3;;/h3H,1-2H3;2*1H. The second-order valence-electron chi connectivity index (χ2n) is 0.847. The Morgan fingerprint density at radius 2 is 1.17 bits per heavy atom. The monoisotopic (exact) mass is 238 g/mol. The highest BCUT2D eigenvalue weighted by Crippen LogP contribution is 2.13. The molecule has 1 N–H and O–H groups in total. The van der Waals surface area contributed by atoms with Gasteiger partial charge in [-0.3, -0.25) is 0 Å². The second kappa shape index (κ2) is 9.61. The average molecular weight is 240 g/mol. The highest BCUT2D eigenvalue weighted by Gasteiger charge is 1.68. The number of halogens is 2. The molecule has 0 heterocycles. The zero-order chi connectivity index (χ0) is 3.58. The van der Waals surface area contributed by atoms with E-state index in [-0.39, 0.29) is 34.0 Å². The van der Waals surface area contributed by atoms with Crippen molar-refractivity contribution >= 4 is 42.1 Å². The van der Waals surface area contributed by atoms with Gasteiger partial charge in [-0.15, -0.1) is 34.0 Å². The van der Waals surface area contributed by atoms with Crippen LogP contribution in [0.5, 0.6) is 0 Å². The van der Waals surface area contributed by atoms with Gasteiger partial charge in [0.25, 0.3) is 0 Å². The third kappa shape index (κ3) is 55.5. The van der Waals surface area contributed by atoms with E-state index < -0.39 is 8.15 Å². The average Bonchev–Trinajstić information content (AvgIpc) is 0.811. The van der Waals surface area contributed by atoms with Crippen LogP contribution in [0.25, 0.3) is 0 Å². The first-order valence-corrected chi connectivity index (χ1v) is 3.28. The summed E-state index contributed by atoms with van der Waals surface area (Å²) >= 11 is 0. The zero-order valence-corrected chi connectivity index (χ0v) is 8.03. The van der Waals surface area contributed by atoms with Crippen LogP contribution >= 0.6 is 42.1 Å². The molecule has 0 saturated carbocycles. The van der Waals surface area contributed by atoms with E-state index in [1.807, 2.05) is 0 Å². The molecule has 0 aromatic rings. The van der Waals surface area contributed by atoms with Gasteiger partial charge >= 0.3 is 0 Å². The molecule has 0 fully saturated rings. The van der Waals surface area contributed by atoms with Crippen LogP contribution in [0.15, 0.2) is 0 Å². The maximum atomic E-state index is 8.12. The summed E-state index contributed by atoms with van der Waals surface area (Å²) in [7, 11) is -0.620. The molecule has 0 saturated heterocycles. The fourth-order valence-electron chi connectivity index (χ4n) is 0. The predicted octanol–water partition coefficient (Wildman–Crippen LogP) is 1.79. The Balaban J connectivity index is -0.0000000450. The van der Waals surface area contributed by atoms with Crippen LogP contribution in [0, 0.1) is 0 Å². The predicted molar refractivity (Wildman–Crippen MR) is 41.6 cm³/mol. The fraction of sp³-hybridized carbons (Fsp3) is 1.00. The second-order valence-corrected chi connectivity index (χ2v) is 2.54. The van der Waals surface area contributed by atoms with Gasteiger partial charge in [-0.25, -0.2) is 0 Å². The van der Waals surface area contributed by atoms with Gasteiger partial charge < -0.3 is 4.89 Å². The maximum absolute atomic E-state index is 8.12. The molecule has 42 valence electrons. The van der Waals surface area contributed by atoms with Crippen LogP contribution in [0.4, 0.5) is 0 Å². The smallest absolute Gasteiger partial charge is 0.0187 e. The molecule has 6 heavy (non-hydrogen) atoms. The molecular weight excluding hydrogens is 231 g/mol. The van der Waals surface area contributed by atoms with E-state index in [0.29, 0.717) is 0 Å². The van der Waals surface area contributed by atoms with Crippen molar-refractivity contribution in [3.05, 3.63) is 0 Å². The summed E-state index contributed by atoms with van der Waals surface area (Å²) in [6, 6.07) is 0. The Labute approximate surface area is 60.5 Å². The van der Waals surface area contributed by atoms with Crippen LogP contribution in [0.1, 0.15) is 0 Å². The lowest BCUT2D eigenvalue weighted by Gasteiger charge is -1.80. The van der Waals surface area contributed by atoms with Crippen molar-refractivity contribution in [3.8, 4) is 0 Å². The molecule has 0 amide bonds. The van der Waals surface area contributed by atoms with E-state index in [0.717, 1.165) is 0 Å². The van der Waals surface area contributed by atoms with E-state index >= 15 is 0 Å². The van der Waals surface area contributed by atoms with Gasteiger partial charge in [0.05, 0.1) is 0 Å². The fourth-order valence-corrected chi connectivity index (χ4v) is 0. The van der Waals surface area contributed by atoms with E-state index in [1.165, 1.54) is 0 Å². The molecule has 0 spiro atoms. The first kappa shape index (κ1) is 15.7. The van der Waals surface area contributed by atoms with Crippen LogP contribution in [0.3, 0.4) is 0 Å². The summed E-state index contributed by atoms with van der Waals surface area (Å²) in [4.78, 5) is 8.12. The van der Waals surface area contributed by atoms with Gasteiger partial charge in [-0.2, -0.15) is 0 Å². The molecule has 0 radical (unpaired) electrons. The number of hydrogen-bond acceptors (Lipinski definition) is 1. The topological polar surface area (TPSA) is 20.2 Å². The molecule has 0 rings (SSSR count). The highest BCUT2D eigenvalue weighted by atomic mass is 79.9. The van der Waals surface area contributed by atoms with Gasteiger partial charge in [0, 0.05) is 8.15 Å². The number of hydrogen-bond donors (Lipinski definition) is 1. The SMILES string of the molecule is Br.Br.CP(C)O.